The third kappa shape index (κ3) is 3.84. The Morgan fingerprint density at radius 1 is 1.17 bits per heavy atom. The van der Waals surface area contributed by atoms with Crippen LogP contribution in [-0.4, -0.2) is 57.4 Å². The molecule has 2 aromatic heterocycles. The van der Waals surface area contributed by atoms with E-state index in [0.717, 1.165) is 42.2 Å². The second-order valence-corrected chi connectivity index (χ2v) is 8.79. The molecule has 2 bridgehead atoms. The van der Waals surface area contributed by atoms with Crippen LogP contribution in [0.15, 0.2) is 42.6 Å². The van der Waals surface area contributed by atoms with Gasteiger partial charge in [-0.25, -0.2) is 9.97 Å². The van der Waals surface area contributed by atoms with Gasteiger partial charge < -0.3 is 9.64 Å². The number of aromatic nitrogens is 2. The van der Waals surface area contributed by atoms with Crippen LogP contribution in [0, 0.1) is 0 Å². The standard InChI is InChI=1S/C22H24N4O2S/c1-15(27)25-13-17-6-7-18(14-25)26(17)12-10-16-4-8-19(9-5-16)28-22-24-20-3-2-11-23-21(20)29-22/h2-5,8-9,11,17-18H,6-7,10,12-14H2,1H3/t17-,18?/m1/s1. The Labute approximate surface area is 174 Å². The van der Waals surface area contributed by atoms with E-state index in [1.54, 1.807) is 13.1 Å². The van der Waals surface area contributed by atoms with Gasteiger partial charge in [0.1, 0.15) is 16.1 Å². The molecular weight excluding hydrogens is 384 g/mol. The van der Waals surface area contributed by atoms with Gasteiger partial charge in [0.2, 0.25) is 5.91 Å². The summed E-state index contributed by atoms with van der Waals surface area (Å²) in [6.07, 6.45) is 5.19. The molecule has 1 unspecified atom stereocenters. The fourth-order valence-corrected chi connectivity index (χ4v) is 5.27. The number of thiazole rings is 1. The zero-order chi connectivity index (χ0) is 19.8. The van der Waals surface area contributed by atoms with Crippen molar-refractivity contribution in [2.45, 2.75) is 38.3 Å². The molecule has 0 radical (unpaired) electrons. The van der Waals surface area contributed by atoms with Gasteiger partial charge in [-0.05, 0) is 49.1 Å². The molecule has 0 N–H and O–H groups in total. The van der Waals surface area contributed by atoms with E-state index in [2.05, 4.69) is 27.0 Å². The smallest absolute Gasteiger partial charge is 0.281 e. The van der Waals surface area contributed by atoms with Gasteiger partial charge in [0.15, 0.2) is 0 Å². The lowest BCUT2D eigenvalue weighted by Crippen LogP contribution is -2.55. The number of hydrogen-bond acceptors (Lipinski definition) is 6. The maximum atomic E-state index is 11.7. The second-order valence-electron chi connectivity index (χ2n) is 7.85. The van der Waals surface area contributed by atoms with Gasteiger partial charge in [0.25, 0.3) is 5.19 Å². The molecule has 29 heavy (non-hydrogen) atoms. The molecule has 2 fully saturated rings. The second kappa shape index (κ2) is 7.72. The van der Waals surface area contributed by atoms with E-state index < -0.39 is 0 Å². The number of ether oxygens (including phenoxy) is 1. The zero-order valence-corrected chi connectivity index (χ0v) is 17.3. The summed E-state index contributed by atoms with van der Waals surface area (Å²) in [5, 5.41) is 0.617. The predicted molar refractivity (Wildman–Crippen MR) is 113 cm³/mol. The molecule has 6 nitrogen and oxygen atoms in total. The lowest BCUT2D eigenvalue weighted by Gasteiger charge is -2.40. The van der Waals surface area contributed by atoms with Crippen molar-refractivity contribution in [2.75, 3.05) is 19.6 Å². The van der Waals surface area contributed by atoms with E-state index in [1.165, 1.54) is 29.7 Å². The first-order valence-corrected chi connectivity index (χ1v) is 11.0. The predicted octanol–water partition coefficient (Wildman–Crippen LogP) is 3.72. The summed E-state index contributed by atoms with van der Waals surface area (Å²) in [6.45, 7) is 4.50. The fourth-order valence-electron chi connectivity index (χ4n) is 4.49. The van der Waals surface area contributed by atoms with Crippen molar-refractivity contribution in [2.24, 2.45) is 0 Å². The molecule has 5 rings (SSSR count). The van der Waals surface area contributed by atoms with Crippen LogP contribution in [-0.2, 0) is 11.2 Å². The Hall–Kier alpha value is -2.51. The molecule has 2 aliphatic rings. The topological polar surface area (TPSA) is 58.6 Å². The molecule has 3 aromatic rings. The third-order valence-corrected chi connectivity index (χ3v) is 6.87. The van der Waals surface area contributed by atoms with Gasteiger partial charge in [-0.15, -0.1) is 0 Å². The van der Waals surface area contributed by atoms with Gasteiger partial charge in [-0.3, -0.25) is 9.69 Å². The van der Waals surface area contributed by atoms with Gasteiger partial charge in [0, 0.05) is 44.8 Å². The van der Waals surface area contributed by atoms with E-state index in [4.69, 9.17) is 4.74 Å². The maximum absolute atomic E-state index is 11.7. The first-order chi connectivity index (χ1) is 14.2. The van der Waals surface area contributed by atoms with Crippen LogP contribution >= 0.6 is 11.3 Å². The van der Waals surface area contributed by atoms with Crippen LogP contribution in [0.5, 0.6) is 10.9 Å². The minimum atomic E-state index is 0.209. The molecule has 2 saturated heterocycles. The van der Waals surface area contributed by atoms with E-state index in [-0.39, 0.29) is 5.91 Å². The first kappa shape index (κ1) is 18.5. The number of rotatable bonds is 5. The lowest BCUT2D eigenvalue weighted by atomic mass is 10.1. The number of pyridine rings is 1. The molecular formula is C22H24N4O2S. The summed E-state index contributed by atoms with van der Waals surface area (Å²) in [5.74, 6) is 1.00. The highest BCUT2D eigenvalue weighted by molar-refractivity contribution is 7.19. The Bertz CT molecular complexity index is 972. The van der Waals surface area contributed by atoms with Crippen LogP contribution in [0.4, 0.5) is 0 Å². The summed E-state index contributed by atoms with van der Waals surface area (Å²) in [6, 6.07) is 13.2. The highest BCUT2D eigenvalue weighted by atomic mass is 32.1. The van der Waals surface area contributed by atoms with Crippen molar-refractivity contribution >= 4 is 27.6 Å². The number of benzene rings is 1. The molecule has 0 spiro atoms. The third-order valence-electron chi connectivity index (χ3n) is 6.01. The quantitative estimate of drug-likeness (QED) is 0.644. The van der Waals surface area contributed by atoms with Crippen LogP contribution in [0.3, 0.4) is 0 Å². The number of nitrogens with zero attached hydrogens (tertiary/aromatic N) is 4. The minimum absolute atomic E-state index is 0.209. The van der Waals surface area contributed by atoms with Gasteiger partial charge in [-0.1, -0.05) is 23.5 Å². The van der Waals surface area contributed by atoms with Gasteiger partial charge in [-0.2, -0.15) is 0 Å². The van der Waals surface area contributed by atoms with E-state index in [1.807, 2.05) is 29.2 Å². The van der Waals surface area contributed by atoms with Crippen LogP contribution < -0.4 is 4.74 Å². The number of piperazine rings is 1. The maximum Gasteiger partial charge on any atom is 0.281 e. The lowest BCUT2D eigenvalue weighted by molar-refractivity contribution is -0.132. The van der Waals surface area contributed by atoms with Gasteiger partial charge in [0.05, 0.1) is 0 Å². The first-order valence-electron chi connectivity index (χ1n) is 10.2. The highest BCUT2D eigenvalue weighted by Crippen LogP contribution is 2.31. The van der Waals surface area contributed by atoms with E-state index in [9.17, 15) is 4.79 Å². The number of fused-ring (bicyclic) bond motifs is 3. The van der Waals surface area contributed by atoms with Crippen LogP contribution in [0.1, 0.15) is 25.3 Å². The number of hydrogen-bond donors (Lipinski definition) is 0. The molecule has 2 aliphatic heterocycles. The summed E-state index contributed by atoms with van der Waals surface area (Å²) >= 11 is 1.46. The summed E-state index contributed by atoms with van der Waals surface area (Å²) in [7, 11) is 0. The molecule has 2 atom stereocenters. The summed E-state index contributed by atoms with van der Waals surface area (Å²) in [5.41, 5.74) is 2.17. The Morgan fingerprint density at radius 2 is 1.93 bits per heavy atom. The number of carbonyl (C=O) groups is 1. The monoisotopic (exact) mass is 408 g/mol. The Balaban J connectivity index is 1.19. The molecule has 7 heteroatoms. The van der Waals surface area contributed by atoms with E-state index in [0.29, 0.717) is 17.3 Å². The average molecular weight is 409 g/mol. The van der Waals surface area contributed by atoms with Crippen molar-refractivity contribution in [1.29, 1.82) is 0 Å². The molecule has 0 aliphatic carbocycles. The van der Waals surface area contributed by atoms with Gasteiger partial charge >= 0.3 is 0 Å². The average Bonchev–Trinajstić information content (AvgIpc) is 3.23. The van der Waals surface area contributed by atoms with Crippen LogP contribution in [0.25, 0.3) is 10.3 Å². The zero-order valence-electron chi connectivity index (χ0n) is 16.5. The van der Waals surface area contributed by atoms with E-state index >= 15 is 0 Å². The highest BCUT2D eigenvalue weighted by Gasteiger charge is 2.40. The van der Waals surface area contributed by atoms with Crippen molar-refractivity contribution in [3.8, 4) is 10.9 Å². The number of carbonyl (C=O) groups excluding carboxylic acids is 1. The summed E-state index contributed by atoms with van der Waals surface area (Å²) in [4.78, 5) is 26.0. The Morgan fingerprint density at radius 3 is 2.62 bits per heavy atom. The molecule has 0 saturated carbocycles. The Kier molecular flexibility index (Phi) is 4.93. The molecule has 1 amide bonds. The molecule has 4 heterocycles. The molecule has 150 valence electrons. The number of likely N-dealkylation sites (tertiary alicyclic amines) is 1. The van der Waals surface area contributed by atoms with Crippen molar-refractivity contribution < 1.29 is 9.53 Å². The summed E-state index contributed by atoms with van der Waals surface area (Å²) < 4.78 is 5.91. The van der Waals surface area contributed by atoms with Crippen LogP contribution in [0.2, 0.25) is 0 Å². The van der Waals surface area contributed by atoms with Crippen molar-refractivity contribution in [1.82, 2.24) is 19.8 Å². The fraction of sp³-hybridized carbons (Fsp3) is 0.409. The SMILES string of the molecule is CC(=O)N1CC2CC[C@H](C1)N2CCc1ccc(Oc2nc3cccnc3s2)cc1. The minimum Gasteiger partial charge on any atom is -0.431 e. The number of amides is 1. The van der Waals surface area contributed by atoms with Crippen molar-refractivity contribution in [3.05, 3.63) is 48.2 Å². The molecule has 1 aromatic carbocycles. The normalized spacial score (nSPS) is 21.6. The largest absolute Gasteiger partial charge is 0.431 e. The van der Waals surface area contributed by atoms with Crippen molar-refractivity contribution in [3.63, 3.8) is 0 Å².